The van der Waals surface area contributed by atoms with Gasteiger partial charge in [-0.1, -0.05) is 12.1 Å². The second-order valence-corrected chi connectivity index (χ2v) is 4.91. The molecule has 0 radical (unpaired) electrons. The Morgan fingerprint density at radius 1 is 1.16 bits per heavy atom. The van der Waals surface area contributed by atoms with Crippen molar-refractivity contribution in [2.24, 2.45) is 0 Å². The summed E-state index contributed by atoms with van der Waals surface area (Å²) in [5, 5.41) is 0. The fourth-order valence-corrected chi connectivity index (χ4v) is 2.51. The highest BCUT2D eigenvalue weighted by molar-refractivity contribution is 5.73. The SMILES string of the molecule is CN1CCN(Cc2cc(N)ccn2)c2ccccc21. The van der Waals surface area contributed by atoms with Gasteiger partial charge in [-0.05, 0) is 24.3 Å². The standard InChI is InChI=1S/C15H18N4/c1-18-8-9-19(15-5-3-2-4-14(15)18)11-13-10-12(16)6-7-17-13/h2-7,10H,8-9,11H2,1H3,(H2,16,17). The Labute approximate surface area is 113 Å². The lowest BCUT2D eigenvalue weighted by Crippen LogP contribution is -2.38. The van der Waals surface area contributed by atoms with Crippen LogP contribution in [0.15, 0.2) is 42.6 Å². The van der Waals surface area contributed by atoms with E-state index >= 15 is 0 Å². The minimum atomic E-state index is 0.771. The number of aromatic nitrogens is 1. The van der Waals surface area contributed by atoms with E-state index in [4.69, 9.17) is 5.73 Å². The van der Waals surface area contributed by atoms with E-state index < -0.39 is 0 Å². The zero-order valence-corrected chi connectivity index (χ0v) is 11.1. The van der Waals surface area contributed by atoms with Gasteiger partial charge in [0.25, 0.3) is 0 Å². The molecule has 0 saturated heterocycles. The maximum atomic E-state index is 5.81. The van der Waals surface area contributed by atoms with Crippen molar-refractivity contribution in [1.82, 2.24) is 4.98 Å². The summed E-state index contributed by atoms with van der Waals surface area (Å²) in [5.41, 5.74) is 10.1. The van der Waals surface area contributed by atoms with Crippen LogP contribution in [0.4, 0.5) is 17.1 Å². The second kappa shape index (κ2) is 4.80. The Kier molecular flexibility index (Phi) is 2.99. The first-order chi connectivity index (χ1) is 9.24. The van der Waals surface area contributed by atoms with Crippen LogP contribution in [0, 0.1) is 0 Å². The number of nitrogens with two attached hydrogens (primary N) is 1. The minimum Gasteiger partial charge on any atom is -0.399 e. The first-order valence-corrected chi connectivity index (χ1v) is 6.49. The number of rotatable bonds is 2. The number of anilines is 3. The molecule has 4 nitrogen and oxygen atoms in total. The fourth-order valence-electron chi connectivity index (χ4n) is 2.51. The number of fused-ring (bicyclic) bond motifs is 1. The van der Waals surface area contributed by atoms with Gasteiger partial charge in [0.15, 0.2) is 0 Å². The molecule has 2 heterocycles. The molecule has 0 fully saturated rings. The van der Waals surface area contributed by atoms with Crippen molar-refractivity contribution in [3.05, 3.63) is 48.3 Å². The van der Waals surface area contributed by atoms with Crippen LogP contribution < -0.4 is 15.5 Å². The van der Waals surface area contributed by atoms with Crippen molar-refractivity contribution < 1.29 is 0 Å². The zero-order chi connectivity index (χ0) is 13.2. The summed E-state index contributed by atoms with van der Waals surface area (Å²) in [4.78, 5) is 9.04. The van der Waals surface area contributed by atoms with Crippen LogP contribution in [-0.2, 0) is 6.54 Å². The van der Waals surface area contributed by atoms with Crippen molar-refractivity contribution in [2.75, 3.05) is 35.7 Å². The van der Waals surface area contributed by atoms with Crippen LogP contribution in [-0.4, -0.2) is 25.1 Å². The van der Waals surface area contributed by atoms with Gasteiger partial charge in [0.2, 0.25) is 0 Å². The zero-order valence-electron chi connectivity index (χ0n) is 11.1. The maximum Gasteiger partial charge on any atom is 0.0617 e. The molecule has 3 rings (SSSR count). The number of hydrogen-bond acceptors (Lipinski definition) is 4. The summed E-state index contributed by atoms with van der Waals surface area (Å²) in [7, 11) is 2.13. The molecule has 0 bridgehead atoms. The van der Waals surface area contributed by atoms with E-state index in [1.807, 2.05) is 12.1 Å². The molecule has 4 heteroatoms. The molecule has 0 aliphatic carbocycles. The normalized spacial score (nSPS) is 14.4. The van der Waals surface area contributed by atoms with Crippen LogP contribution in [0.5, 0.6) is 0 Å². The molecule has 1 aromatic carbocycles. The first kappa shape index (κ1) is 11.8. The lowest BCUT2D eigenvalue weighted by Gasteiger charge is -2.36. The van der Waals surface area contributed by atoms with Gasteiger partial charge in [0, 0.05) is 32.0 Å². The van der Waals surface area contributed by atoms with Gasteiger partial charge in [0.05, 0.1) is 23.6 Å². The number of para-hydroxylation sites is 2. The fraction of sp³-hybridized carbons (Fsp3) is 0.267. The number of likely N-dealkylation sites (N-methyl/N-ethyl adjacent to an activating group) is 1. The Morgan fingerprint density at radius 2 is 1.95 bits per heavy atom. The smallest absolute Gasteiger partial charge is 0.0617 e. The van der Waals surface area contributed by atoms with Gasteiger partial charge in [-0.3, -0.25) is 4.98 Å². The monoisotopic (exact) mass is 254 g/mol. The van der Waals surface area contributed by atoms with Crippen LogP contribution in [0.25, 0.3) is 0 Å². The quantitative estimate of drug-likeness (QED) is 0.891. The van der Waals surface area contributed by atoms with Crippen LogP contribution in [0.3, 0.4) is 0 Å². The molecule has 1 aromatic heterocycles. The van der Waals surface area contributed by atoms with E-state index in [0.717, 1.165) is 31.0 Å². The van der Waals surface area contributed by atoms with Crippen LogP contribution in [0.2, 0.25) is 0 Å². The largest absolute Gasteiger partial charge is 0.399 e. The molecule has 19 heavy (non-hydrogen) atoms. The predicted octanol–water partition coefficient (Wildman–Crippen LogP) is 2.12. The van der Waals surface area contributed by atoms with E-state index in [9.17, 15) is 0 Å². The lowest BCUT2D eigenvalue weighted by atomic mass is 10.1. The Bertz CT molecular complexity index is 582. The third kappa shape index (κ3) is 2.34. The summed E-state index contributed by atoms with van der Waals surface area (Å²) in [6, 6.07) is 12.3. The summed E-state index contributed by atoms with van der Waals surface area (Å²) in [5.74, 6) is 0. The number of nitrogen functional groups attached to an aromatic ring is 1. The Hall–Kier alpha value is -2.23. The van der Waals surface area contributed by atoms with Crippen LogP contribution >= 0.6 is 0 Å². The lowest BCUT2D eigenvalue weighted by molar-refractivity contribution is 0.725. The molecule has 98 valence electrons. The number of hydrogen-bond donors (Lipinski definition) is 1. The molecular formula is C15H18N4. The summed E-state index contributed by atoms with van der Waals surface area (Å²) in [6.45, 7) is 2.83. The number of pyridine rings is 1. The van der Waals surface area contributed by atoms with Gasteiger partial charge >= 0.3 is 0 Å². The van der Waals surface area contributed by atoms with Gasteiger partial charge in [-0.15, -0.1) is 0 Å². The highest BCUT2D eigenvalue weighted by Crippen LogP contribution is 2.32. The minimum absolute atomic E-state index is 0.771. The molecule has 0 amide bonds. The molecular weight excluding hydrogens is 236 g/mol. The van der Waals surface area contributed by atoms with Crippen molar-refractivity contribution >= 4 is 17.1 Å². The van der Waals surface area contributed by atoms with Crippen molar-refractivity contribution in [2.45, 2.75) is 6.54 Å². The Balaban J connectivity index is 1.89. The maximum absolute atomic E-state index is 5.81. The third-order valence-corrected chi connectivity index (χ3v) is 3.53. The van der Waals surface area contributed by atoms with Gasteiger partial charge in [-0.25, -0.2) is 0 Å². The van der Waals surface area contributed by atoms with Gasteiger partial charge in [0.1, 0.15) is 0 Å². The summed E-state index contributed by atoms with van der Waals surface area (Å²) in [6.07, 6.45) is 1.77. The second-order valence-electron chi connectivity index (χ2n) is 4.91. The molecule has 0 saturated carbocycles. The summed E-state index contributed by atoms with van der Waals surface area (Å²) < 4.78 is 0. The van der Waals surface area contributed by atoms with E-state index in [-0.39, 0.29) is 0 Å². The highest BCUT2D eigenvalue weighted by Gasteiger charge is 2.19. The third-order valence-electron chi connectivity index (χ3n) is 3.53. The van der Waals surface area contributed by atoms with E-state index in [1.165, 1.54) is 11.4 Å². The van der Waals surface area contributed by atoms with Crippen LogP contribution in [0.1, 0.15) is 5.69 Å². The Morgan fingerprint density at radius 3 is 2.74 bits per heavy atom. The average molecular weight is 254 g/mol. The molecule has 0 atom stereocenters. The first-order valence-electron chi connectivity index (χ1n) is 6.49. The summed E-state index contributed by atoms with van der Waals surface area (Å²) >= 11 is 0. The van der Waals surface area contributed by atoms with Crippen molar-refractivity contribution in [1.29, 1.82) is 0 Å². The van der Waals surface area contributed by atoms with E-state index in [1.54, 1.807) is 6.20 Å². The van der Waals surface area contributed by atoms with Crippen molar-refractivity contribution in [3.63, 3.8) is 0 Å². The topological polar surface area (TPSA) is 45.4 Å². The van der Waals surface area contributed by atoms with E-state index in [2.05, 4.69) is 46.1 Å². The van der Waals surface area contributed by atoms with Crippen molar-refractivity contribution in [3.8, 4) is 0 Å². The van der Waals surface area contributed by atoms with E-state index in [0.29, 0.717) is 0 Å². The average Bonchev–Trinajstić information content (AvgIpc) is 2.42. The molecule has 1 aliphatic heterocycles. The van der Waals surface area contributed by atoms with Gasteiger partial charge < -0.3 is 15.5 Å². The number of benzene rings is 1. The predicted molar refractivity (Wildman–Crippen MR) is 79.4 cm³/mol. The molecule has 2 aromatic rings. The molecule has 0 spiro atoms. The highest BCUT2D eigenvalue weighted by atomic mass is 15.3. The molecule has 2 N–H and O–H groups in total. The molecule has 0 unspecified atom stereocenters. The van der Waals surface area contributed by atoms with Gasteiger partial charge in [-0.2, -0.15) is 0 Å². The number of nitrogens with zero attached hydrogens (tertiary/aromatic N) is 3. The molecule has 1 aliphatic rings.